The minimum atomic E-state index is 0.750. The summed E-state index contributed by atoms with van der Waals surface area (Å²) in [6.07, 6.45) is 3.88. The van der Waals surface area contributed by atoms with Crippen LogP contribution >= 0.6 is 11.3 Å². The standard InChI is InChI=1S/C4H6O.C4H4S/c1-2-3-4-5;1-2-4-5-3-1/h2-4H,1H3;1-4H/b3-2+;. The lowest BCUT2D eigenvalue weighted by Crippen LogP contribution is -1.50. The second kappa shape index (κ2) is 8.11. The van der Waals surface area contributed by atoms with E-state index in [4.69, 9.17) is 0 Å². The maximum absolute atomic E-state index is 9.32. The molecule has 1 rings (SSSR count). The summed E-state index contributed by atoms with van der Waals surface area (Å²) in [5, 5.41) is 4.08. The van der Waals surface area contributed by atoms with Crippen molar-refractivity contribution in [3.05, 3.63) is 35.0 Å². The molecule has 0 aliphatic rings. The van der Waals surface area contributed by atoms with Crippen LogP contribution in [0.3, 0.4) is 0 Å². The van der Waals surface area contributed by atoms with Gasteiger partial charge in [0.15, 0.2) is 0 Å². The van der Waals surface area contributed by atoms with Crippen LogP contribution in [-0.4, -0.2) is 6.29 Å². The Bertz CT molecular complexity index is 148. The Morgan fingerprint density at radius 1 is 1.30 bits per heavy atom. The fourth-order valence-corrected chi connectivity index (χ4v) is 0.759. The number of rotatable bonds is 1. The molecular weight excluding hydrogens is 144 g/mol. The van der Waals surface area contributed by atoms with Crippen molar-refractivity contribution in [2.75, 3.05) is 0 Å². The van der Waals surface area contributed by atoms with Crippen molar-refractivity contribution in [2.45, 2.75) is 6.92 Å². The van der Waals surface area contributed by atoms with Crippen LogP contribution in [0.2, 0.25) is 0 Å². The van der Waals surface area contributed by atoms with E-state index in [0.717, 1.165) is 6.29 Å². The molecule has 0 saturated heterocycles. The quantitative estimate of drug-likeness (QED) is 0.448. The summed E-state index contributed by atoms with van der Waals surface area (Å²) < 4.78 is 0. The molecule has 0 aliphatic heterocycles. The van der Waals surface area contributed by atoms with Crippen molar-refractivity contribution < 1.29 is 4.79 Å². The molecule has 1 heterocycles. The summed E-state index contributed by atoms with van der Waals surface area (Å²) >= 11 is 1.71. The Kier molecular flexibility index (Phi) is 7.39. The lowest BCUT2D eigenvalue weighted by atomic mass is 10.6. The normalized spacial score (nSPS) is 8.50. The van der Waals surface area contributed by atoms with Crippen LogP contribution < -0.4 is 0 Å². The number of hydrogen-bond donors (Lipinski definition) is 0. The van der Waals surface area contributed by atoms with Crippen molar-refractivity contribution in [3.8, 4) is 0 Å². The molecule has 1 aromatic heterocycles. The van der Waals surface area contributed by atoms with Crippen molar-refractivity contribution in [2.24, 2.45) is 0 Å². The molecule has 0 atom stereocenters. The highest BCUT2D eigenvalue weighted by atomic mass is 32.1. The van der Waals surface area contributed by atoms with E-state index in [-0.39, 0.29) is 0 Å². The van der Waals surface area contributed by atoms with Gasteiger partial charge in [-0.05, 0) is 23.8 Å². The highest BCUT2D eigenvalue weighted by molar-refractivity contribution is 7.07. The third-order valence-corrected chi connectivity index (χ3v) is 1.32. The first kappa shape index (κ1) is 9.11. The molecular formula is C8H10OS. The Morgan fingerprint density at radius 2 is 1.90 bits per heavy atom. The van der Waals surface area contributed by atoms with Gasteiger partial charge in [-0.15, -0.1) is 0 Å². The third kappa shape index (κ3) is 7.11. The van der Waals surface area contributed by atoms with Crippen LogP contribution in [-0.2, 0) is 4.79 Å². The number of aldehydes is 1. The van der Waals surface area contributed by atoms with Crippen molar-refractivity contribution in [1.82, 2.24) is 0 Å². The molecule has 0 aromatic carbocycles. The van der Waals surface area contributed by atoms with E-state index in [2.05, 4.69) is 0 Å². The lowest BCUT2D eigenvalue weighted by Gasteiger charge is -1.51. The first-order valence-electron chi connectivity index (χ1n) is 2.95. The predicted octanol–water partition coefficient (Wildman–Crippen LogP) is 2.51. The topological polar surface area (TPSA) is 17.1 Å². The minimum Gasteiger partial charge on any atom is -0.299 e. The summed E-state index contributed by atoms with van der Waals surface area (Å²) in [7, 11) is 0. The van der Waals surface area contributed by atoms with E-state index in [9.17, 15) is 4.79 Å². The minimum absolute atomic E-state index is 0.750. The highest BCUT2D eigenvalue weighted by Crippen LogP contribution is 1.91. The number of hydrogen-bond acceptors (Lipinski definition) is 2. The molecule has 1 nitrogen and oxygen atoms in total. The van der Waals surface area contributed by atoms with Gasteiger partial charge in [0.2, 0.25) is 0 Å². The Balaban J connectivity index is 0.000000162. The SMILES string of the molecule is C/C=C/C=O.c1ccsc1. The van der Waals surface area contributed by atoms with Gasteiger partial charge >= 0.3 is 0 Å². The van der Waals surface area contributed by atoms with Gasteiger partial charge in [-0.2, -0.15) is 11.3 Å². The smallest absolute Gasteiger partial charge is 0.142 e. The molecule has 0 amide bonds. The molecule has 0 aliphatic carbocycles. The average Bonchev–Trinajstić information content (AvgIpc) is 2.44. The number of carbonyl (C=O) groups is 1. The summed E-state index contributed by atoms with van der Waals surface area (Å²) in [6, 6.07) is 4.04. The first-order chi connectivity index (χ1) is 4.91. The summed E-state index contributed by atoms with van der Waals surface area (Å²) in [5.41, 5.74) is 0. The molecule has 0 bridgehead atoms. The molecule has 0 unspecified atom stereocenters. The van der Waals surface area contributed by atoms with Crippen LogP contribution in [0.5, 0.6) is 0 Å². The zero-order chi connectivity index (χ0) is 7.66. The van der Waals surface area contributed by atoms with Crippen LogP contribution in [0.4, 0.5) is 0 Å². The van der Waals surface area contributed by atoms with Gasteiger partial charge in [0, 0.05) is 0 Å². The second-order valence-electron chi connectivity index (χ2n) is 1.46. The Morgan fingerprint density at radius 3 is 2.00 bits per heavy atom. The van der Waals surface area contributed by atoms with E-state index in [1.165, 1.54) is 6.08 Å². The Hall–Kier alpha value is -0.890. The van der Waals surface area contributed by atoms with E-state index in [1.54, 1.807) is 24.3 Å². The van der Waals surface area contributed by atoms with Crippen LogP contribution in [0.1, 0.15) is 6.92 Å². The lowest BCUT2D eigenvalue weighted by molar-refractivity contribution is -0.104. The van der Waals surface area contributed by atoms with E-state index in [1.807, 2.05) is 22.9 Å². The van der Waals surface area contributed by atoms with Gasteiger partial charge in [-0.25, -0.2) is 0 Å². The van der Waals surface area contributed by atoms with Crippen LogP contribution in [0.25, 0.3) is 0 Å². The largest absolute Gasteiger partial charge is 0.299 e. The fraction of sp³-hybridized carbons (Fsp3) is 0.125. The number of thiophene rings is 1. The van der Waals surface area contributed by atoms with Crippen molar-refractivity contribution >= 4 is 17.6 Å². The van der Waals surface area contributed by atoms with Gasteiger partial charge in [-0.1, -0.05) is 18.2 Å². The Labute approximate surface area is 65.0 Å². The third-order valence-electron chi connectivity index (χ3n) is 0.696. The molecule has 1 aromatic rings. The fourth-order valence-electron chi connectivity index (χ4n) is 0.305. The highest BCUT2D eigenvalue weighted by Gasteiger charge is 1.58. The van der Waals surface area contributed by atoms with E-state index >= 15 is 0 Å². The molecule has 0 fully saturated rings. The maximum atomic E-state index is 9.32. The van der Waals surface area contributed by atoms with Crippen LogP contribution in [0, 0.1) is 0 Å². The van der Waals surface area contributed by atoms with E-state index < -0.39 is 0 Å². The van der Waals surface area contributed by atoms with E-state index in [0.29, 0.717) is 0 Å². The second-order valence-corrected chi connectivity index (χ2v) is 2.27. The van der Waals surface area contributed by atoms with Gasteiger partial charge in [0.05, 0.1) is 0 Å². The number of allylic oxidation sites excluding steroid dienone is 2. The number of carbonyl (C=O) groups excluding carboxylic acids is 1. The zero-order valence-corrected chi connectivity index (χ0v) is 6.67. The molecule has 0 spiro atoms. The molecule has 54 valence electrons. The molecule has 2 heteroatoms. The van der Waals surface area contributed by atoms with Gasteiger partial charge < -0.3 is 0 Å². The van der Waals surface area contributed by atoms with Crippen molar-refractivity contribution in [1.29, 1.82) is 0 Å². The van der Waals surface area contributed by atoms with Crippen LogP contribution in [0.15, 0.2) is 35.0 Å². The molecule has 0 radical (unpaired) electrons. The van der Waals surface area contributed by atoms with Gasteiger partial charge in [0.25, 0.3) is 0 Å². The molecule has 10 heavy (non-hydrogen) atoms. The maximum Gasteiger partial charge on any atom is 0.142 e. The van der Waals surface area contributed by atoms with Gasteiger partial charge in [0.1, 0.15) is 6.29 Å². The summed E-state index contributed by atoms with van der Waals surface area (Å²) in [5.74, 6) is 0. The monoisotopic (exact) mass is 154 g/mol. The molecule has 0 N–H and O–H groups in total. The summed E-state index contributed by atoms with van der Waals surface area (Å²) in [6.45, 7) is 1.80. The van der Waals surface area contributed by atoms with Gasteiger partial charge in [-0.3, -0.25) is 4.79 Å². The van der Waals surface area contributed by atoms with Crippen molar-refractivity contribution in [3.63, 3.8) is 0 Å². The summed E-state index contributed by atoms with van der Waals surface area (Å²) in [4.78, 5) is 9.32. The first-order valence-corrected chi connectivity index (χ1v) is 3.89. The predicted molar refractivity (Wildman–Crippen MR) is 45.2 cm³/mol. The zero-order valence-electron chi connectivity index (χ0n) is 5.86. The average molecular weight is 154 g/mol. The molecule has 0 saturated carbocycles.